The average molecular weight is 343 g/mol. The monoisotopic (exact) mass is 343 g/mol. The van der Waals surface area contributed by atoms with Crippen molar-refractivity contribution in [1.29, 1.82) is 0 Å². The zero-order chi connectivity index (χ0) is 17.7. The summed E-state index contributed by atoms with van der Waals surface area (Å²) in [5, 5.41) is 9.08. The molecule has 1 aliphatic carbocycles. The Morgan fingerprint density at radius 3 is 2.56 bits per heavy atom. The molecule has 134 valence electrons. The number of rotatable bonds is 6. The number of aliphatic imine (C=N–C) groups is 1. The summed E-state index contributed by atoms with van der Waals surface area (Å²) >= 11 is 0. The van der Waals surface area contributed by atoms with Gasteiger partial charge in [0.05, 0.1) is 6.54 Å². The fourth-order valence-electron chi connectivity index (χ4n) is 3.40. The number of nitrogens with zero attached hydrogens (tertiary/aromatic N) is 2. The summed E-state index contributed by atoms with van der Waals surface area (Å²) in [6.45, 7) is 1.71. The number of hydrogen-bond donors (Lipinski definition) is 3. The molecule has 1 aliphatic heterocycles. The summed E-state index contributed by atoms with van der Waals surface area (Å²) in [4.78, 5) is 28.5. The second kappa shape index (κ2) is 7.55. The number of guanidine groups is 1. The molecule has 1 aromatic carbocycles. The Morgan fingerprint density at radius 1 is 1.24 bits per heavy atom. The normalized spacial score (nSPS) is 19.4. The maximum Gasteiger partial charge on any atom is 0.324 e. The van der Waals surface area contributed by atoms with Gasteiger partial charge in [-0.25, -0.2) is 4.79 Å². The SMILES string of the molecule is CN=C(NCCN1C(=O)CNC1=O)NCC1(c2ccccc2)CCC1. The highest BCUT2D eigenvalue weighted by atomic mass is 16.2. The number of carbonyl (C=O) groups excluding carboxylic acids is 2. The number of hydrogen-bond acceptors (Lipinski definition) is 3. The molecule has 2 aliphatic rings. The second-order valence-corrected chi connectivity index (χ2v) is 6.56. The molecule has 3 rings (SSSR count). The van der Waals surface area contributed by atoms with Gasteiger partial charge in [-0.1, -0.05) is 36.8 Å². The van der Waals surface area contributed by atoms with E-state index in [-0.39, 0.29) is 23.9 Å². The first kappa shape index (κ1) is 17.3. The number of urea groups is 1. The van der Waals surface area contributed by atoms with Crippen LogP contribution in [0.25, 0.3) is 0 Å². The van der Waals surface area contributed by atoms with Gasteiger partial charge >= 0.3 is 6.03 Å². The topological polar surface area (TPSA) is 85.8 Å². The van der Waals surface area contributed by atoms with Crippen molar-refractivity contribution in [3.8, 4) is 0 Å². The second-order valence-electron chi connectivity index (χ2n) is 6.56. The number of carbonyl (C=O) groups is 2. The van der Waals surface area contributed by atoms with Crippen LogP contribution in [-0.2, 0) is 10.2 Å². The van der Waals surface area contributed by atoms with Gasteiger partial charge < -0.3 is 16.0 Å². The number of amides is 3. The molecule has 1 heterocycles. The van der Waals surface area contributed by atoms with Gasteiger partial charge in [0.2, 0.25) is 5.91 Å². The zero-order valence-electron chi connectivity index (χ0n) is 14.5. The Balaban J connectivity index is 1.49. The van der Waals surface area contributed by atoms with Crippen molar-refractivity contribution in [1.82, 2.24) is 20.9 Å². The van der Waals surface area contributed by atoms with Crippen molar-refractivity contribution >= 4 is 17.9 Å². The minimum Gasteiger partial charge on any atom is -0.356 e. The van der Waals surface area contributed by atoms with Gasteiger partial charge in [-0.15, -0.1) is 0 Å². The van der Waals surface area contributed by atoms with E-state index < -0.39 is 0 Å². The van der Waals surface area contributed by atoms with E-state index in [1.165, 1.54) is 29.7 Å². The highest BCUT2D eigenvalue weighted by Gasteiger charge is 2.38. The number of imide groups is 1. The molecule has 2 fully saturated rings. The van der Waals surface area contributed by atoms with Gasteiger partial charge in [-0.3, -0.25) is 14.7 Å². The van der Waals surface area contributed by atoms with Crippen molar-refractivity contribution < 1.29 is 9.59 Å². The lowest BCUT2D eigenvalue weighted by atomic mass is 9.64. The molecule has 0 unspecified atom stereocenters. The summed E-state index contributed by atoms with van der Waals surface area (Å²) in [6, 6.07) is 10.3. The lowest BCUT2D eigenvalue weighted by Crippen LogP contribution is -2.50. The van der Waals surface area contributed by atoms with Gasteiger partial charge in [0.1, 0.15) is 0 Å². The first-order chi connectivity index (χ1) is 12.1. The van der Waals surface area contributed by atoms with Crippen LogP contribution in [0.5, 0.6) is 0 Å². The van der Waals surface area contributed by atoms with E-state index in [1.807, 2.05) is 6.07 Å². The Morgan fingerprint density at radius 2 is 2.00 bits per heavy atom. The summed E-state index contributed by atoms with van der Waals surface area (Å²) in [5.41, 5.74) is 1.53. The van der Waals surface area contributed by atoms with Gasteiger partial charge in [-0.2, -0.15) is 0 Å². The van der Waals surface area contributed by atoms with Crippen LogP contribution in [0.4, 0.5) is 4.79 Å². The minimum atomic E-state index is -0.327. The smallest absolute Gasteiger partial charge is 0.324 e. The summed E-state index contributed by atoms with van der Waals surface area (Å²) < 4.78 is 0. The standard InChI is InChI=1S/C18H25N5O2/c1-19-16(20-10-11-23-15(24)12-21-17(23)25)22-13-18(8-5-9-18)14-6-3-2-4-7-14/h2-4,6-7H,5,8-13H2,1H3,(H,21,25)(H2,19,20,22). The first-order valence-electron chi connectivity index (χ1n) is 8.73. The minimum absolute atomic E-state index is 0.0887. The first-order valence-corrected chi connectivity index (χ1v) is 8.73. The largest absolute Gasteiger partial charge is 0.356 e. The fourth-order valence-corrected chi connectivity index (χ4v) is 3.40. The van der Waals surface area contributed by atoms with Gasteiger partial charge in [-0.05, 0) is 18.4 Å². The Labute approximate surface area is 147 Å². The van der Waals surface area contributed by atoms with Crippen LogP contribution >= 0.6 is 0 Å². The van der Waals surface area contributed by atoms with Crippen LogP contribution in [-0.4, -0.2) is 56.0 Å². The predicted octanol–water partition coefficient (Wildman–Crippen LogP) is 0.825. The third-order valence-corrected chi connectivity index (χ3v) is 5.08. The Kier molecular flexibility index (Phi) is 5.21. The number of nitrogens with one attached hydrogen (secondary N) is 3. The molecular weight excluding hydrogens is 318 g/mol. The van der Waals surface area contributed by atoms with Gasteiger partial charge in [0.15, 0.2) is 5.96 Å². The maximum absolute atomic E-state index is 11.6. The van der Waals surface area contributed by atoms with Gasteiger partial charge in [0, 0.05) is 32.1 Å². The van der Waals surface area contributed by atoms with Crippen LogP contribution in [0, 0.1) is 0 Å². The fraction of sp³-hybridized carbons (Fsp3) is 0.500. The average Bonchev–Trinajstić information content (AvgIpc) is 2.92. The van der Waals surface area contributed by atoms with E-state index >= 15 is 0 Å². The molecule has 0 bridgehead atoms. The molecule has 1 saturated carbocycles. The van der Waals surface area contributed by atoms with Crippen molar-refractivity contribution in [2.75, 3.05) is 33.2 Å². The third-order valence-electron chi connectivity index (χ3n) is 5.08. The molecule has 7 heteroatoms. The molecule has 1 saturated heterocycles. The number of benzene rings is 1. The van der Waals surface area contributed by atoms with E-state index in [9.17, 15) is 9.59 Å². The molecule has 0 aromatic heterocycles. The van der Waals surface area contributed by atoms with Crippen LogP contribution in [0.1, 0.15) is 24.8 Å². The lowest BCUT2D eigenvalue weighted by Gasteiger charge is -2.43. The van der Waals surface area contributed by atoms with E-state index in [0.717, 1.165) is 6.54 Å². The summed E-state index contributed by atoms with van der Waals surface area (Å²) in [6.07, 6.45) is 3.59. The van der Waals surface area contributed by atoms with Crippen molar-refractivity contribution in [2.45, 2.75) is 24.7 Å². The highest BCUT2D eigenvalue weighted by molar-refractivity contribution is 6.01. The molecule has 7 nitrogen and oxygen atoms in total. The van der Waals surface area contributed by atoms with Crippen molar-refractivity contribution in [3.05, 3.63) is 35.9 Å². The lowest BCUT2D eigenvalue weighted by molar-refractivity contribution is -0.124. The zero-order valence-corrected chi connectivity index (χ0v) is 14.5. The molecule has 0 atom stereocenters. The quantitative estimate of drug-likeness (QED) is 0.406. The molecule has 0 radical (unpaired) electrons. The molecular formula is C18H25N5O2. The van der Waals surface area contributed by atoms with Crippen LogP contribution in [0.2, 0.25) is 0 Å². The van der Waals surface area contributed by atoms with E-state index in [1.54, 1.807) is 7.05 Å². The van der Waals surface area contributed by atoms with Crippen molar-refractivity contribution in [3.63, 3.8) is 0 Å². The van der Waals surface area contributed by atoms with Crippen LogP contribution < -0.4 is 16.0 Å². The molecule has 3 amide bonds. The van der Waals surface area contributed by atoms with E-state index in [2.05, 4.69) is 45.2 Å². The Hall–Kier alpha value is -2.57. The van der Waals surface area contributed by atoms with Crippen LogP contribution in [0.3, 0.4) is 0 Å². The highest BCUT2D eigenvalue weighted by Crippen LogP contribution is 2.43. The van der Waals surface area contributed by atoms with E-state index in [4.69, 9.17) is 0 Å². The molecule has 3 N–H and O–H groups in total. The van der Waals surface area contributed by atoms with Crippen LogP contribution in [0.15, 0.2) is 35.3 Å². The molecule has 25 heavy (non-hydrogen) atoms. The van der Waals surface area contributed by atoms with Crippen molar-refractivity contribution in [2.24, 2.45) is 4.99 Å². The molecule has 0 spiro atoms. The molecule has 1 aromatic rings. The Bertz CT molecular complexity index is 639. The summed E-state index contributed by atoms with van der Waals surface area (Å²) in [5.74, 6) is 0.501. The third kappa shape index (κ3) is 3.75. The van der Waals surface area contributed by atoms with E-state index in [0.29, 0.717) is 19.0 Å². The summed E-state index contributed by atoms with van der Waals surface area (Å²) in [7, 11) is 1.72. The predicted molar refractivity (Wildman–Crippen MR) is 96.4 cm³/mol. The maximum atomic E-state index is 11.6. The van der Waals surface area contributed by atoms with Gasteiger partial charge in [0.25, 0.3) is 0 Å².